The summed E-state index contributed by atoms with van der Waals surface area (Å²) in [6, 6.07) is 14.6. The number of benzene rings is 2. The van der Waals surface area contributed by atoms with Crippen molar-refractivity contribution in [1.29, 1.82) is 0 Å². The van der Waals surface area contributed by atoms with Gasteiger partial charge in [-0.3, -0.25) is 4.79 Å². The van der Waals surface area contributed by atoms with Crippen LogP contribution in [-0.4, -0.2) is 12.4 Å². The summed E-state index contributed by atoms with van der Waals surface area (Å²) in [6.07, 6.45) is -0.552. The molecule has 0 fully saturated rings. The Morgan fingerprint density at radius 3 is 2.60 bits per heavy atom. The molecule has 0 heterocycles. The highest BCUT2D eigenvalue weighted by Gasteiger charge is 2.17. The summed E-state index contributed by atoms with van der Waals surface area (Å²) in [4.78, 5) is 22.2. The van der Waals surface area contributed by atoms with Crippen LogP contribution in [0.2, 0.25) is 0 Å². The molecule has 0 aliphatic carbocycles. The fourth-order valence-electron chi connectivity index (χ4n) is 1.60. The Morgan fingerprint density at radius 2 is 1.90 bits per heavy atom. The lowest BCUT2D eigenvalue weighted by atomic mass is 10.2. The van der Waals surface area contributed by atoms with Crippen LogP contribution in [0.4, 0.5) is 15.0 Å². The highest BCUT2D eigenvalue weighted by molar-refractivity contribution is 5.87. The Balaban J connectivity index is 1.99. The Kier molecular flexibility index (Phi) is 4.44. The van der Waals surface area contributed by atoms with Crippen molar-refractivity contribution in [3.63, 3.8) is 0 Å². The minimum absolute atomic E-state index is 0.0204. The minimum atomic E-state index is -1.13. The van der Waals surface area contributed by atoms with Gasteiger partial charge in [0.1, 0.15) is 12.9 Å². The van der Waals surface area contributed by atoms with Gasteiger partial charge < -0.3 is 4.74 Å². The molecule has 2 aromatic carbocycles. The van der Waals surface area contributed by atoms with Crippen molar-refractivity contribution >= 4 is 18.1 Å². The van der Waals surface area contributed by atoms with Crippen molar-refractivity contribution in [1.82, 2.24) is 0 Å². The molecule has 102 valence electrons. The molecule has 2 rings (SSSR count). The van der Waals surface area contributed by atoms with Gasteiger partial charge in [0.05, 0.1) is 5.69 Å². The van der Waals surface area contributed by atoms with Gasteiger partial charge in [-0.05, 0) is 17.7 Å². The zero-order valence-corrected chi connectivity index (χ0v) is 10.5. The first-order valence-corrected chi connectivity index (χ1v) is 5.92. The third kappa shape index (κ3) is 3.41. The second kappa shape index (κ2) is 6.47. The normalized spacial score (nSPS) is 9.85. The molecule has 2 aromatic rings. The second-order valence-electron chi connectivity index (χ2n) is 4.03. The number of halogens is 1. The molecule has 0 aromatic heterocycles. The maximum Gasteiger partial charge on any atom is 0.443 e. The lowest BCUT2D eigenvalue weighted by molar-refractivity contribution is 0.112. The zero-order valence-electron chi connectivity index (χ0n) is 10.5. The minimum Gasteiger partial charge on any atom is -0.443 e. The quantitative estimate of drug-likeness (QED) is 0.632. The van der Waals surface area contributed by atoms with Crippen LogP contribution >= 0.6 is 0 Å². The van der Waals surface area contributed by atoms with Crippen molar-refractivity contribution < 1.29 is 18.8 Å². The number of amides is 1. The fourth-order valence-corrected chi connectivity index (χ4v) is 1.60. The number of carbonyl (C=O) groups excluding carboxylic acids is 2. The van der Waals surface area contributed by atoms with Crippen molar-refractivity contribution in [3.05, 3.63) is 65.7 Å². The molecular formula is C15H12FNO3. The first-order valence-electron chi connectivity index (χ1n) is 5.92. The number of aldehydes is 1. The van der Waals surface area contributed by atoms with E-state index in [9.17, 15) is 14.1 Å². The topological polar surface area (TPSA) is 46.6 Å². The van der Waals surface area contributed by atoms with E-state index in [1.165, 1.54) is 24.3 Å². The van der Waals surface area contributed by atoms with Crippen LogP contribution < -0.4 is 5.12 Å². The van der Waals surface area contributed by atoms with Gasteiger partial charge in [0.25, 0.3) is 0 Å². The number of anilines is 1. The summed E-state index contributed by atoms with van der Waals surface area (Å²) in [5.41, 5.74) is 0.990. The van der Waals surface area contributed by atoms with Crippen LogP contribution in [0.5, 0.6) is 0 Å². The van der Waals surface area contributed by atoms with Crippen LogP contribution in [-0.2, 0) is 11.3 Å². The SMILES string of the molecule is O=Cc1cccc(N(F)C(=O)OCc2ccccc2)c1. The lowest BCUT2D eigenvalue weighted by Crippen LogP contribution is -2.22. The number of rotatable bonds is 4. The van der Waals surface area contributed by atoms with E-state index in [2.05, 4.69) is 0 Å². The van der Waals surface area contributed by atoms with Gasteiger partial charge in [0.15, 0.2) is 0 Å². The van der Waals surface area contributed by atoms with Crippen molar-refractivity contribution in [2.24, 2.45) is 0 Å². The molecule has 1 amide bonds. The smallest absolute Gasteiger partial charge is 0.443 e. The molecule has 0 unspecified atom stereocenters. The van der Waals surface area contributed by atoms with Crippen LogP contribution in [0, 0.1) is 0 Å². The van der Waals surface area contributed by atoms with E-state index in [4.69, 9.17) is 4.74 Å². The van der Waals surface area contributed by atoms with E-state index in [0.717, 1.165) is 5.56 Å². The summed E-state index contributed by atoms with van der Waals surface area (Å²) in [5, 5.41) is -0.129. The van der Waals surface area contributed by atoms with Crippen LogP contribution in [0.1, 0.15) is 15.9 Å². The molecular weight excluding hydrogens is 261 g/mol. The largest absolute Gasteiger partial charge is 0.443 e. The molecule has 20 heavy (non-hydrogen) atoms. The molecule has 0 saturated heterocycles. The zero-order chi connectivity index (χ0) is 14.4. The molecule has 0 aliphatic rings. The third-order valence-corrected chi connectivity index (χ3v) is 2.60. The van der Waals surface area contributed by atoms with Gasteiger partial charge in [-0.2, -0.15) is 0 Å². The number of hydrogen-bond acceptors (Lipinski definition) is 3. The number of hydrogen-bond donors (Lipinski definition) is 0. The van der Waals surface area contributed by atoms with Gasteiger partial charge in [-0.1, -0.05) is 46.9 Å². The summed E-state index contributed by atoms with van der Waals surface area (Å²) in [7, 11) is 0. The average Bonchev–Trinajstić information content (AvgIpc) is 2.53. The van der Waals surface area contributed by atoms with Gasteiger partial charge in [-0.15, -0.1) is 5.12 Å². The van der Waals surface area contributed by atoms with Crippen LogP contribution in [0.25, 0.3) is 0 Å². The van der Waals surface area contributed by atoms with Crippen LogP contribution in [0.15, 0.2) is 54.6 Å². The summed E-state index contributed by atoms with van der Waals surface area (Å²) in [5.74, 6) is 0. The highest BCUT2D eigenvalue weighted by Crippen LogP contribution is 2.17. The molecule has 5 heteroatoms. The molecule has 0 N–H and O–H groups in total. The van der Waals surface area contributed by atoms with E-state index < -0.39 is 6.09 Å². The van der Waals surface area contributed by atoms with Crippen molar-refractivity contribution in [3.8, 4) is 0 Å². The fraction of sp³-hybridized carbons (Fsp3) is 0.0667. The number of carbonyl (C=O) groups is 2. The summed E-state index contributed by atoms with van der Waals surface area (Å²) in [6.45, 7) is -0.0204. The summed E-state index contributed by atoms with van der Waals surface area (Å²) >= 11 is 0. The van der Waals surface area contributed by atoms with E-state index in [1.54, 1.807) is 24.3 Å². The first-order chi connectivity index (χ1) is 9.70. The molecule has 0 spiro atoms. The van der Waals surface area contributed by atoms with Crippen LogP contribution in [0.3, 0.4) is 0 Å². The second-order valence-corrected chi connectivity index (χ2v) is 4.03. The van der Waals surface area contributed by atoms with Crippen molar-refractivity contribution in [2.75, 3.05) is 5.12 Å². The Bertz CT molecular complexity index is 601. The maximum atomic E-state index is 13.8. The van der Waals surface area contributed by atoms with E-state index in [-0.39, 0.29) is 23.0 Å². The lowest BCUT2D eigenvalue weighted by Gasteiger charge is -2.12. The molecule has 0 aliphatic heterocycles. The van der Waals surface area contributed by atoms with Crippen molar-refractivity contribution in [2.45, 2.75) is 6.61 Å². The average molecular weight is 273 g/mol. The predicted octanol–water partition coefficient (Wildman–Crippen LogP) is 3.53. The van der Waals surface area contributed by atoms with E-state index >= 15 is 0 Å². The van der Waals surface area contributed by atoms with E-state index in [1.807, 2.05) is 6.07 Å². The van der Waals surface area contributed by atoms with Gasteiger partial charge in [-0.25, -0.2) is 4.79 Å². The molecule has 0 bridgehead atoms. The first kappa shape index (κ1) is 13.7. The molecule has 0 saturated carbocycles. The highest BCUT2D eigenvalue weighted by atomic mass is 19.2. The van der Waals surface area contributed by atoms with E-state index in [0.29, 0.717) is 6.29 Å². The monoisotopic (exact) mass is 273 g/mol. The Labute approximate surface area is 115 Å². The Morgan fingerprint density at radius 1 is 1.15 bits per heavy atom. The predicted molar refractivity (Wildman–Crippen MR) is 72.0 cm³/mol. The molecule has 0 radical (unpaired) electrons. The molecule has 4 nitrogen and oxygen atoms in total. The number of ether oxygens (including phenoxy) is 1. The summed E-state index contributed by atoms with van der Waals surface area (Å²) < 4.78 is 18.6. The third-order valence-electron chi connectivity index (χ3n) is 2.60. The van der Waals surface area contributed by atoms with Gasteiger partial charge >= 0.3 is 6.09 Å². The number of nitrogens with zero attached hydrogens (tertiary/aromatic N) is 1. The standard InChI is InChI=1S/C15H12FNO3/c16-17(14-8-4-7-13(9-14)10-18)15(19)20-11-12-5-2-1-3-6-12/h1-10H,11H2. The maximum absolute atomic E-state index is 13.8. The van der Waals surface area contributed by atoms with Gasteiger partial charge in [0, 0.05) is 5.56 Å². The molecule has 0 atom stereocenters. The Hall–Kier alpha value is -2.69. The van der Waals surface area contributed by atoms with Gasteiger partial charge in [0.2, 0.25) is 0 Å².